The number of likely N-dealkylation sites (tertiary alicyclic amines) is 1. The van der Waals surface area contributed by atoms with Crippen LogP contribution in [0.25, 0.3) is 0 Å². The predicted molar refractivity (Wildman–Crippen MR) is 77.9 cm³/mol. The Labute approximate surface area is 118 Å². The van der Waals surface area contributed by atoms with Crippen molar-refractivity contribution in [2.24, 2.45) is 5.92 Å². The van der Waals surface area contributed by atoms with E-state index in [1.807, 2.05) is 6.07 Å². The highest BCUT2D eigenvalue weighted by Gasteiger charge is 2.24. The van der Waals surface area contributed by atoms with Gasteiger partial charge in [-0.15, -0.1) is 0 Å². The van der Waals surface area contributed by atoms with Gasteiger partial charge < -0.3 is 10.1 Å². The second-order valence-electron chi connectivity index (χ2n) is 5.16. The number of methoxy groups -OCH3 is 1. The molecule has 0 amide bonds. The Kier molecular flexibility index (Phi) is 4.92. The third kappa shape index (κ3) is 3.26. The molecule has 2 rings (SSSR count). The zero-order valence-corrected chi connectivity index (χ0v) is 12.0. The van der Waals surface area contributed by atoms with Gasteiger partial charge in [-0.05, 0) is 24.4 Å². The summed E-state index contributed by atoms with van der Waals surface area (Å²) in [6.45, 7) is 3.52. The summed E-state index contributed by atoms with van der Waals surface area (Å²) in [5.41, 5.74) is 1.73. The molecule has 1 N–H and O–H groups in total. The monoisotopic (exact) mass is 279 g/mol. The molecule has 0 aliphatic carbocycles. The Morgan fingerprint density at radius 1 is 1.55 bits per heavy atom. The summed E-state index contributed by atoms with van der Waals surface area (Å²) in [6, 6.07) is 5.23. The first-order valence-corrected chi connectivity index (χ1v) is 6.81. The number of hydrogen-bond acceptors (Lipinski definition) is 5. The molecular weight excluding hydrogens is 258 g/mol. The Morgan fingerprint density at radius 2 is 2.35 bits per heavy atom. The van der Waals surface area contributed by atoms with Crippen LogP contribution in [-0.4, -0.2) is 43.7 Å². The fourth-order valence-corrected chi connectivity index (χ4v) is 2.83. The van der Waals surface area contributed by atoms with Crippen LogP contribution in [0, 0.1) is 16.0 Å². The molecule has 0 saturated carbocycles. The number of hydrogen-bond donors (Lipinski definition) is 1. The smallest absolute Gasteiger partial charge is 0.292 e. The van der Waals surface area contributed by atoms with Gasteiger partial charge in [0.1, 0.15) is 5.69 Å². The molecule has 1 aromatic rings. The number of nitro groups is 1. The number of rotatable bonds is 6. The quantitative estimate of drug-likeness (QED) is 0.638. The van der Waals surface area contributed by atoms with Crippen LogP contribution in [0.4, 0.5) is 11.4 Å². The molecule has 1 aromatic carbocycles. The van der Waals surface area contributed by atoms with Gasteiger partial charge in [0.2, 0.25) is 0 Å². The highest BCUT2D eigenvalue weighted by atomic mass is 16.6. The first-order valence-electron chi connectivity index (χ1n) is 6.81. The summed E-state index contributed by atoms with van der Waals surface area (Å²) in [5, 5.41) is 14.0. The molecule has 1 fully saturated rings. The van der Waals surface area contributed by atoms with Gasteiger partial charge in [0.15, 0.2) is 0 Å². The minimum atomic E-state index is -0.340. The zero-order valence-electron chi connectivity index (χ0n) is 12.0. The highest BCUT2D eigenvalue weighted by Crippen LogP contribution is 2.30. The Balaban J connectivity index is 2.10. The molecular formula is C14H21N3O3. The second-order valence-corrected chi connectivity index (χ2v) is 5.16. The van der Waals surface area contributed by atoms with Crippen molar-refractivity contribution in [3.63, 3.8) is 0 Å². The minimum absolute atomic E-state index is 0.137. The van der Waals surface area contributed by atoms with Crippen LogP contribution in [0.15, 0.2) is 18.2 Å². The second kappa shape index (κ2) is 6.67. The molecule has 0 radical (unpaired) electrons. The van der Waals surface area contributed by atoms with Crippen molar-refractivity contribution < 1.29 is 9.66 Å². The SMILES string of the molecule is CNc1c(CN2CCC(COC)C2)cccc1[N+](=O)[O-]. The van der Waals surface area contributed by atoms with Crippen LogP contribution in [0.3, 0.4) is 0 Å². The predicted octanol–water partition coefficient (Wildman–Crippen LogP) is 2.10. The average molecular weight is 279 g/mol. The van der Waals surface area contributed by atoms with Crippen molar-refractivity contribution in [2.45, 2.75) is 13.0 Å². The van der Waals surface area contributed by atoms with E-state index >= 15 is 0 Å². The molecule has 6 nitrogen and oxygen atoms in total. The number of nitro benzene ring substituents is 1. The van der Waals surface area contributed by atoms with Crippen molar-refractivity contribution in [2.75, 3.05) is 39.2 Å². The van der Waals surface area contributed by atoms with Crippen LogP contribution in [0.1, 0.15) is 12.0 Å². The van der Waals surface area contributed by atoms with Crippen molar-refractivity contribution >= 4 is 11.4 Å². The molecule has 1 atom stereocenters. The van der Waals surface area contributed by atoms with E-state index in [-0.39, 0.29) is 10.6 Å². The van der Waals surface area contributed by atoms with Gasteiger partial charge in [0.25, 0.3) is 5.69 Å². The summed E-state index contributed by atoms with van der Waals surface area (Å²) in [4.78, 5) is 13.0. The van der Waals surface area contributed by atoms with E-state index in [0.29, 0.717) is 11.6 Å². The lowest BCUT2D eigenvalue weighted by Crippen LogP contribution is -2.22. The Bertz CT molecular complexity index is 479. The fourth-order valence-electron chi connectivity index (χ4n) is 2.83. The van der Waals surface area contributed by atoms with Crippen LogP contribution in [-0.2, 0) is 11.3 Å². The molecule has 1 aliphatic rings. The summed E-state index contributed by atoms with van der Waals surface area (Å²) >= 11 is 0. The number of para-hydroxylation sites is 1. The van der Waals surface area contributed by atoms with E-state index in [9.17, 15) is 10.1 Å². The molecule has 1 heterocycles. The Hall–Kier alpha value is -1.66. The molecule has 0 spiro atoms. The summed E-state index contributed by atoms with van der Waals surface area (Å²) in [5.74, 6) is 0.566. The normalized spacial score (nSPS) is 19.2. The van der Waals surface area contributed by atoms with Gasteiger partial charge in [-0.2, -0.15) is 0 Å². The van der Waals surface area contributed by atoms with Gasteiger partial charge in [-0.3, -0.25) is 15.0 Å². The van der Waals surface area contributed by atoms with Crippen LogP contribution in [0.2, 0.25) is 0 Å². The van der Waals surface area contributed by atoms with E-state index in [1.54, 1.807) is 20.2 Å². The number of benzene rings is 1. The molecule has 110 valence electrons. The van der Waals surface area contributed by atoms with Crippen molar-refractivity contribution in [3.8, 4) is 0 Å². The van der Waals surface area contributed by atoms with Gasteiger partial charge in [-0.25, -0.2) is 0 Å². The molecule has 1 unspecified atom stereocenters. The lowest BCUT2D eigenvalue weighted by molar-refractivity contribution is -0.384. The van der Waals surface area contributed by atoms with Gasteiger partial charge >= 0.3 is 0 Å². The van der Waals surface area contributed by atoms with E-state index < -0.39 is 0 Å². The highest BCUT2D eigenvalue weighted by molar-refractivity contribution is 5.66. The van der Waals surface area contributed by atoms with Gasteiger partial charge in [-0.1, -0.05) is 12.1 Å². The largest absolute Gasteiger partial charge is 0.384 e. The lowest BCUT2D eigenvalue weighted by Gasteiger charge is -2.18. The summed E-state index contributed by atoms with van der Waals surface area (Å²) < 4.78 is 5.19. The molecule has 0 aromatic heterocycles. The molecule has 1 aliphatic heterocycles. The molecule has 20 heavy (non-hydrogen) atoms. The minimum Gasteiger partial charge on any atom is -0.384 e. The zero-order chi connectivity index (χ0) is 14.5. The van der Waals surface area contributed by atoms with Crippen LogP contribution in [0.5, 0.6) is 0 Å². The number of ether oxygens (including phenoxy) is 1. The maximum absolute atomic E-state index is 11.0. The first kappa shape index (κ1) is 14.7. The van der Waals surface area contributed by atoms with E-state index in [1.165, 1.54) is 6.07 Å². The summed E-state index contributed by atoms with van der Waals surface area (Å²) in [6.07, 6.45) is 1.12. The lowest BCUT2D eigenvalue weighted by atomic mass is 10.1. The third-order valence-corrected chi connectivity index (χ3v) is 3.74. The van der Waals surface area contributed by atoms with Gasteiger partial charge in [0, 0.05) is 33.3 Å². The van der Waals surface area contributed by atoms with Crippen LogP contribution < -0.4 is 5.32 Å². The van der Waals surface area contributed by atoms with E-state index in [2.05, 4.69) is 10.2 Å². The van der Waals surface area contributed by atoms with Crippen molar-refractivity contribution in [1.82, 2.24) is 4.90 Å². The number of nitrogens with zero attached hydrogens (tertiary/aromatic N) is 2. The average Bonchev–Trinajstić information content (AvgIpc) is 2.86. The topological polar surface area (TPSA) is 67.6 Å². The van der Waals surface area contributed by atoms with Gasteiger partial charge in [0.05, 0.1) is 11.5 Å². The maximum Gasteiger partial charge on any atom is 0.292 e. The fraction of sp³-hybridized carbons (Fsp3) is 0.571. The van der Waals surface area contributed by atoms with Crippen LogP contribution >= 0.6 is 0 Å². The summed E-state index contributed by atoms with van der Waals surface area (Å²) in [7, 11) is 3.45. The van der Waals surface area contributed by atoms with Crippen molar-refractivity contribution in [3.05, 3.63) is 33.9 Å². The maximum atomic E-state index is 11.0. The number of anilines is 1. The standard InChI is InChI=1S/C14H21N3O3/c1-15-14-12(4-3-5-13(14)17(18)19)9-16-7-6-11(8-16)10-20-2/h3-5,11,15H,6-10H2,1-2H3. The molecule has 6 heteroatoms. The third-order valence-electron chi connectivity index (χ3n) is 3.74. The van der Waals surface area contributed by atoms with E-state index in [4.69, 9.17) is 4.74 Å². The van der Waals surface area contributed by atoms with E-state index in [0.717, 1.165) is 38.2 Å². The Morgan fingerprint density at radius 3 is 3.00 bits per heavy atom. The molecule has 0 bridgehead atoms. The first-order chi connectivity index (χ1) is 9.65. The van der Waals surface area contributed by atoms with Crippen molar-refractivity contribution in [1.29, 1.82) is 0 Å². The number of nitrogens with one attached hydrogen (secondary N) is 1. The molecule has 1 saturated heterocycles.